The standard InChI is InChI=1S/C14H18O4/c1-10-3-5-11(6-4-10)14(15)17-9-12-7-8-13(16-2)18-12/h3-6,12-13H,7-9H2,1-2H3/t12-,13+/m1/s1. The van der Waals surface area contributed by atoms with Crippen molar-refractivity contribution >= 4 is 5.97 Å². The summed E-state index contributed by atoms with van der Waals surface area (Å²) in [7, 11) is 1.62. The summed E-state index contributed by atoms with van der Waals surface area (Å²) in [5.41, 5.74) is 1.69. The molecule has 98 valence electrons. The summed E-state index contributed by atoms with van der Waals surface area (Å²) >= 11 is 0. The fourth-order valence-corrected chi connectivity index (χ4v) is 1.91. The minimum absolute atomic E-state index is 0.0515. The van der Waals surface area contributed by atoms with E-state index in [1.165, 1.54) is 0 Å². The second-order valence-electron chi connectivity index (χ2n) is 4.47. The van der Waals surface area contributed by atoms with Crippen LogP contribution in [-0.4, -0.2) is 32.1 Å². The predicted molar refractivity (Wildman–Crippen MR) is 66.4 cm³/mol. The highest BCUT2D eigenvalue weighted by molar-refractivity contribution is 5.89. The van der Waals surface area contributed by atoms with Crippen LogP contribution in [0, 0.1) is 6.92 Å². The quantitative estimate of drug-likeness (QED) is 0.769. The second-order valence-corrected chi connectivity index (χ2v) is 4.47. The van der Waals surface area contributed by atoms with Gasteiger partial charge in [0.15, 0.2) is 6.29 Å². The van der Waals surface area contributed by atoms with Crippen LogP contribution in [0.1, 0.15) is 28.8 Å². The van der Waals surface area contributed by atoms with Gasteiger partial charge in [0.25, 0.3) is 0 Å². The predicted octanol–water partition coefficient (Wildman–Crippen LogP) is 2.30. The Bertz CT molecular complexity index is 399. The monoisotopic (exact) mass is 250 g/mol. The zero-order valence-electron chi connectivity index (χ0n) is 10.7. The minimum Gasteiger partial charge on any atom is -0.459 e. The van der Waals surface area contributed by atoms with Crippen LogP contribution in [0.3, 0.4) is 0 Å². The topological polar surface area (TPSA) is 44.8 Å². The molecule has 0 unspecified atom stereocenters. The molecule has 0 saturated carbocycles. The van der Waals surface area contributed by atoms with Crippen LogP contribution in [0.5, 0.6) is 0 Å². The number of ether oxygens (including phenoxy) is 3. The van der Waals surface area contributed by atoms with Gasteiger partial charge >= 0.3 is 5.97 Å². The van der Waals surface area contributed by atoms with E-state index >= 15 is 0 Å². The van der Waals surface area contributed by atoms with Gasteiger partial charge in [0, 0.05) is 13.5 Å². The van der Waals surface area contributed by atoms with Gasteiger partial charge in [-0.25, -0.2) is 4.79 Å². The molecule has 1 saturated heterocycles. The fraction of sp³-hybridized carbons (Fsp3) is 0.500. The van der Waals surface area contributed by atoms with Crippen molar-refractivity contribution in [2.45, 2.75) is 32.2 Å². The third kappa shape index (κ3) is 3.31. The molecule has 1 heterocycles. The lowest BCUT2D eigenvalue weighted by atomic mass is 10.1. The Morgan fingerprint density at radius 1 is 1.33 bits per heavy atom. The molecular formula is C14H18O4. The molecule has 2 rings (SSSR count). The van der Waals surface area contributed by atoms with Crippen molar-refractivity contribution < 1.29 is 19.0 Å². The number of methoxy groups -OCH3 is 1. The Hall–Kier alpha value is -1.39. The zero-order valence-corrected chi connectivity index (χ0v) is 10.7. The molecule has 0 radical (unpaired) electrons. The molecule has 0 bridgehead atoms. The van der Waals surface area contributed by atoms with E-state index in [9.17, 15) is 4.79 Å². The van der Waals surface area contributed by atoms with Gasteiger partial charge in [0.2, 0.25) is 0 Å². The maximum Gasteiger partial charge on any atom is 0.338 e. The highest BCUT2D eigenvalue weighted by Crippen LogP contribution is 2.20. The first-order valence-electron chi connectivity index (χ1n) is 6.11. The van der Waals surface area contributed by atoms with Crippen LogP contribution in [0.4, 0.5) is 0 Å². The molecule has 4 nitrogen and oxygen atoms in total. The van der Waals surface area contributed by atoms with Gasteiger partial charge in [-0.2, -0.15) is 0 Å². The van der Waals surface area contributed by atoms with Crippen molar-refractivity contribution in [3.63, 3.8) is 0 Å². The number of hydrogen-bond donors (Lipinski definition) is 0. The normalized spacial score (nSPS) is 23.0. The Labute approximate surface area is 107 Å². The van der Waals surface area contributed by atoms with Crippen LogP contribution < -0.4 is 0 Å². The summed E-state index contributed by atoms with van der Waals surface area (Å²) in [6.45, 7) is 2.26. The Kier molecular flexibility index (Phi) is 4.33. The van der Waals surface area contributed by atoms with E-state index in [-0.39, 0.29) is 25.0 Å². The molecule has 18 heavy (non-hydrogen) atoms. The molecule has 4 heteroatoms. The number of carbonyl (C=O) groups is 1. The molecule has 1 aromatic carbocycles. The Morgan fingerprint density at radius 3 is 2.67 bits per heavy atom. The molecule has 1 aromatic rings. The molecule has 0 aliphatic carbocycles. The van der Waals surface area contributed by atoms with Crippen molar-refractivity contribution in [2.75, 3.05) is 13.7 Å². The van der Waals surface area contributed by atoms with Gasteiger partial charge in [-0.1, -0.05) is 17.7 Å². The number of rotatable bonds is 4. The molecule has 0 amide bonds. The van der Waals surface area contributed by atoms with E-state index in [2.05, 4.69) is 0 Å². The Balaban J connectivity index is 1.80. The average Bonchev–Trinajstić information content (AvgIpc) is 2.85. The van der Waals surface area contributed by atoms with Crippen LogP contribution in [0.15, 0.2) is 24.3 Å². The highest BCUT2D eigenvalue weighted by Gasteiger charge is 2.26. The summed E-state index contributed by atoms with van der Waals surface area (Å²) in [5, 5.41) is 0. The largest absolute Gasteiger partial charge is 0.459 e. The van der Waals surface area contributed by atoms with Gasteiger partial charge in [-0.15, -0.1) is 0 Å². The lowest BCUT2D eigenvalue weighted by Gasteiger charge is -2.12. The molecule has 1 fully saturated rings. The van der Waals surface area contributed by atoms with E-state index in [1.807, 2.05) is 19.1 Å². The summed E-state index contributed by atoms with van der Waals surface area (Å²) in [6.07, 6.45) is 1.50. The number of benzene rings is 1. The summed E-state index contributed by atoms with van der Waals surface area (Å²) in [4.78, 5) is 11.8. The van der Waals surface area contributed by atoms with Crippen LogP contribution in [0.25, 0.3) is 0 Å². The lowest BCUT2D eigenvalue weighted by molar-refractivity contribution is -0.123. The zero-order chi connectivity index (χ0) is 13.0. The third-order valence-electron chi connectivity index (χ3n) is 3.02. The van der Waals surface area contributed by atoms with E-state index < -0.39 is 0 Å². The van der Waals surface area contributed by atoms with Crippen molar-refractivity contribution in [2.24, 2.45) is 0 Å². The van der Waals surface area contributed by atoms with Crippen LogP contribution in [-0.2, 0) is 14.2 Å². The molecule has 0 aromatic heterocycles. The number of carbonyl (C=O) groups excluding carboxylic acids is 1. The van der Waals surface area contributed by atoms with Gasteiger partial charge in [-0.05, 0) is 25.5 Å². The Morgan fingerprint density at radius 2 is 2.06 bits per heavy atom. The molecule has 1 aliphatic heterocycles. The number of aryl methyl sites for hydroxylation is 1. The molecule has 0 N–H and O–H groups in total. The van der Waals surface area contributed by atoms with Crippen molar-refractivity contribution in [3.8, 4) is 0 Å². The van der Waals surface area contributed by atoms with Gasteiger partial charge < -0.3 is 14.2 Å². The van der Waals surface area contributed by atoms with E-state index in [0.29, 0.717) is 5.56 Å². The van der Waals surface area contributed by atoms with Crippen LogP contribution in [0.2, 0.25) is 0 Å². The molecule has 2 atom stereocenters. The fourth-order valence-electron chi connectivity index (χ4n) is 1.91. The van der Waals surface area contributed by atoms with E-state index in [0.717, 1.165) is 18.4 Å². The average molecular weight is 250 g/mol. The summed E-state index contributed by atoms with van der Waals surface area (Å²) in [6, 6.07) is 7.32. The third-order valence-corrected chi connectivity index (χ3v) is 3.02. The number of hydrogen-bond acceptors (Lipinski definition) is 4. The first-order chi connectivity index (χ1) is 8.69. The molecule has 1 aliphatic rings. The van der Waals surface area contributed by atoms with Gasteiger partial charge in [-0.3, -0.25) is 0 Å². The van der Waals surface area contributed by atoms with Crippen molar-refractivity contribution in [3.05, 3.63) is 35.4 Å². The van der Waals surface area contributed by atoms with Crippen LogP contribution >= 0.6 is 0 Å². The van der Waals surface area contributed by atoms with E-state index in [4.69, 9.17) is 14.2 Å². The SMILES string of the molecule is CO[C@@H]1CC[C@H](COC(=O)c2ccc(C)cc2)O1. The van der Waals surface area contributed by atoms with Gasteiger partial charge in [0.1, 0.15) is 6.61 Å². The lowest BCUT2D eigenvalue weighted by Crippen LogP contribution is -2.20. The maximum absolute atomic E-state index is 11.8. The van der Waals surface area contributed by atoms with Gasteiger partial charge in [0.05, 0.1) is 11.7 Å². The minimum atomic E-state index is -0.306. The first-order valence-corrected chi connectivity index (χ1v) is 6.11. The molecule has 0 spiro atoms. The molecular weight excluding hydrogens is 232 g/mol. The smallest absolute Gasteiger partial charge is 0.338 e. The maximum atomic E-state index is 11.8. The summed E-state index contributed by atoms with van der Waals surface area (Å²) in [5.74, 6) is -0.306. The second kappa shape index (κ2) is 5.98. The van der Waals surface area contributed by atoms with E-state index in [1.54, 1.807) is 19.2 Å². The highest BCUT2D eigenvalue weighted by atomic mass is 16.7. The summed E-state index contributed by atoms with van der Waals surface area (Å²) < 4.78 is 15.8. The van der Waals surface area contributed by atoms with Crippen molar-refractivity contribution in [1.29, 1.82) is 0 Å². The van der Waals surface area contributed by atoms with Crippen molar-refractivity contribution in [1.82, 2.24) is 0 Å². The first kappa shape index (κ1) is 13.1. The number of esters is 1.